The highest BCUT2D eigenvalue weighted by Gasteiger charge is 2.41. The minimum atomic E-state index is -4.25. The van der Waals surface area contributed by atoms with Crippen molar-refractivity contribution in [2.75, 3.05) is 110 Å². The molecule has 2 aliphatic rings. The first-order valence-electron chi connectivity index (χ1n) is 29.6. The molecule has 0 aliphatic carbocycles. The maximum atomic E-state index is 12.8. The van der Waals surface area contributed by atoms with Crippen molar-refractivity contribution in [2.24, 2.45) is 0 Å². The molecule has 6 aromatic rings. The Kier molecular flexibility index (Phi) is 26.8. The number of hydrogen-bond donors (Lipinski definition) is 0. The number of fused-ring (bicyclic) bond motifs is 2. The zero-order valence-electron chi connectivity index (χ0n) is 53.2. The van der Waals surface area contributed by atoms with Gasteiger partial charge in [0.15, 0.2) is 46.0 Å². The lowest BCUT2D eigenvalue weighted by molar-refractivity contribution is -0.941. The first kappa shape index (κ1) is 71.2. The van der Waals surface area contributed by atoms with Crippen LogP contribution in [0.15, 0.2) is 143 Å². The Bertz CT molecular complexity index is 3340. The molecule has 0 saturated carbocycles. The van der Waals surface area contributed by atoms with Crippen molar-refractivity contribution in [1.29, 1.82) is 0 Å². The molecule has 4 atom stereocenters. The van der Waals surface area contributed by atoms with Crippen LogP contribution in [0.1, 0.15) is 84.0 Å². The summed E-state index contributed by atoms with van der Waals surface area (Å²) in [6, 6.07) is 35.3. The van der Waals surface area contributed by atoms with Gasteiger partial charge in [0.25, 0.3) is 0 Å². The lowest BCUT2D eigenvalue weighted by atomic mass is 9.86. The van der Waals surface area contributed by atoms with E-state index in [2.05, 4.69) is 62.6 Å². The van der Waals surface area contributed by atoms with Crippen LogP contribution < -0.4 is 37.9 Å². The Morgan fingerprint density at radius 1 is 0.456 bits per heavy atom. The maximum absolute atomic E-state index is 12.8. The number of rotatable bonds is 28. The number of ether oxygens (including phenoxy) is 10. The molecule has 8 rings (SSSR count). The lowest BCUT2D eigenvalue weighted by Gasteiger charge is -2.46. The Hall–Kier alpha value is -7.86. The van der Waals surface area contributed by atoms with E-state index in [0.717, 1.165) is 96.3 Å². The van der Waals surface area contributed by atoms with Gasteiger partial charge >= 0.3 is 11.9 Å². The van der Waals surface area contributed by atoms with Gasteiger partial charge in [-0.15, -0.1) is 0 Å². The van der Waals surface area contributed by atoms with Gasteiger partial charge in [0.1, 0.15) is 32.3 Å². The van der Waals surface area contributed by atoms with Crippen molar-refractivity contribution in [3.63, 3.8) is 0 Å². The second-order valence-electron chi connectivity index (χ2n) is 22.2. The number of quaternary nitrogens is 2. The second-order valence-corrected chi connectivity index (χ2v) is 25.0. The van der Waals surface area contributed by atoms with Crippen molar-refractivity contribution in [1.82, 2.24) is 0 Å². The predicted octanol–water partition coefficient (Wildman–Crippen LogP) is 10.2. The molecule has 0 radical (unpaired) electrons. The van der Waals surface area contributed by atoms with E-state index in [4.69, 9.17) is 47.4 Å². The summed E-state index contributed by atoms with van der Waals surface area (Å²) >= 11 is 0. The quantitative estimate of drug-likeness (QED) is 0.0146. The summed E-state index contributed by atoms with van der Waals surface area (Å²) in [6.07, 6.45) is 10.3. The smallest absolute Gasteiger partial charge is 0.306 e. The molecule has 0 spiro atoms. The third kappa shape index (κ3) is 19.8. The molecule has 0 fully saturated rings. The third-order valence-electron chi connectivity index (χ3n) is 16.5. The van der Waals surface area contributed by atoms with Crippen LogP contribution in [0.25, 0.3) is 0 Å². The molecule has 6 aromatic carbocycles. The highest BCUT2D eigenvalue weighted by molar-refractivity contribution is 7.86. The Morgan fingerprint density at radius 2 is 0.778 bits per heavy atom. The highest BCUT2D eigenvalue weighted by Crippen LogP contribution is 2.45. The summed E-state index contributed by atoms with van der Waals surface area (Å²) in [6.45, 7) is 4.20. The van der Waals surface area contributed by atoms with Crippen molar-refractivity contribution in [3.05, 3.63) is 167 Å². The number of esters is 2. The number of benzene rings is 6. The molecular formula is C68H86N2O18S2. The Morgan fingerprint density at radius 3 is 1.09 bits per heavy atom. The monoisotopic (exact) mass is 1280 g/mol. The molecule has 0 saturated heterocycles. The fraction of sp³-hybridized carbons (Fsp3) is 0.412. The zero-order valence-corrected chi connectivity index (χ0v) is 54.9. The van der Waals surface area contributed by atoms with E-state index in [0.29, 0.717) is 60.6 Å². The number of carbonyl (C=O) groups excluding carboxylic acids is 2. The first-order valence-corrected chi connectivity index (χ1v) is 32.5. The summed E-state index contributed by atoms with van der Waals surface area (Å²) in [7, 11) is 9.33. The van der Waals surface area contributed by atoms with E-state index in [1.807, 2.05) is 24.3 Å². The van der Waals surface area contributed by atoms with Gasteiger partial charge in [-0.3, -0.25) is 9.59 Å². The van der Waals surface area contributed by atoms with E-state index < -0.39 is 20.2 Å². The molecule has 2 aliphatic heterocycles. The molecule has 22 heteroatoms. The number of hydrogen-bond acceptors (Lipinski definition) is 18. The van der Waals surface area contributed by atoms with Crippen molar-refractivity contribution in [3.8, 4) is 46.0 Å². The summed E-state index contributed by atoms with van der Waals surface area (Å²) in [5.41, 5.74) is 7.24. The molecule has 20 nitrogen and oxygen atoms in total. The minimum absolute atomic E-state index is 0.119. The molecule has 0 aromatic heterocycles. The van der Waals surface area contributed by atoms with Crippen LogP contribution in [0.4, 0.5) is 0 Å². The largest absolute Gasteiger partial charge is 0.744 e. The van der Waals surface area contributed by atoms with Crippen LogP contribution in [0.3, 0.4) is 0 Å². The van der Waals surface area contributed by atoms with Gasteiger partial charge in [-0.2, -0.15) is 0 Å². The van der Waals surface area contributed by atoms with Gasteiger partial charge in [0, 0.05) is 62.5 Å². The lowest BCUT2D eigenvalue weighted by Crippen LogP contribution is -2.52. The van der Waals surface area contributed by atoms with Crippen molar-refractivity contribution in [2.45, 2.75) is 86.1 Å². The van der Waals surface area contributed by atoms with Crippen LogP contribution in [-0.2, 0) is 65.0 Å². The van der Waals surface area contributed by atoms with E-state index >= 15 is 0 Å². The normalized spacial score (nSPS) is 17.6. The zero-order chi connectivity index (χ0) is 65.5. The summed E-state index contributed by atoms with van der Waals surface area (Å²) in [4.78, 5) is 25.2. The second kappa shape index (κ2) is 33.8. The summed E-state index contributed by atoms with van der Waals surface area (Å²) in [5.74, 6) is 5.19. The summed E-state index contributed by atoms with van der Waals surface area (Å²) in [5, 5.41) is 0. The number of methoxy groups -OCH3 is 8. The third-order valence-corrected chi connectivity index (χ3v) is 18.2. The first-order chi connectivity index (χ1) is 43.1. The van der Waals surface area contributed by atoms with Crippen LogP contribution >= 0.6 is 0 Å². The molecule has 90 heavy (non-hydrogen) atoms. The standard InChI is InChI=1S/C56H76N2O12.2C6H6O3S/c1-57(27-23-41-35-51(65-7)53(67-9)37-43(41)45(57)31-39-19-21-47(61-3)49(33-39)63-5)25-15-29-69-55(59)17-13-11-12-14-18-56(60)70-30-16-26-58(2)28-24-42-36-52(66-8)54(68-10)38-44(42)46(58)32-40-20-22-48(62-4)50(34-40)64-6;2*7-10(8,9)6-4-2-1-3-5-6/h11-12,19-22,33-38,45-46H,13-18,23-32H2,1-10H3;2*1-5H,(H,7,8,9)/q+2;;/p-2/b12-11+;;/t45-,46+,57+,58-;;. The number of allylic oxidation sites excluding steroid dienone is 2. The minimum Gasteiger partial charge on any atom is -0.744 e. The average molecular weight is 1280 g/mol. The molecule has 488 valence electrons. The summed E-state index contributed by atoms with van der Waals surface area (Å²) < 4.78 is 120. The average Bonchev–Trinajstić information content (AvgIpc) is 0.780. The molecule has 0 amide bonds. The van der Waals surface area contributed by atoms with Crippen LogP contribution in [0, 0.1) is 0 Å². The fourth-order valence-corrected chi connectivity index (χ4v) is 12.5. The van der Waals surface area contributed by atoms with E-state index in [1.54, 1.807) is 69.0 Å². The van der Waals surface area contributed by atoms with Gasteiger partial charge < -0.3 is 65.4 Å². The van der Waals surface area contributed by atoms with E-state index in [1.165, 1.54) is 70.8 Å². The van der Waals surface area contributed by atoms with Gasteiger partial charge in [-0.05, 0) is 108 Å². The van der Waals surface area contributed by atoms with E-state index in [9.17, 15) is 35.5 Å². The van der Waals surface area contributed by atoms with E-state index in [-0.39, 0.29) is 46.7 Å². The topological polar surface area (TPSA) is 241 Å². The molecule has 2 heterocycles. The number of carbonyl (C=O) groups is 2. The van der Waals surface area contributed by atoms with Crippen LogP contribution in [-0.4, -0.2) is 157 Å². The van der Waals surface area contributed by atoms with Gasteiger partial charge in [0.05, 0.1) is 120 Å². The highest BCUT2D eigenvalue weighted by atomic mass is 32.2. The van der Waals surface area contributed by atoms with Gasteiger partial charge in [-0.25, -0.2) is 16.8 Å². The predicted molar refractivity (Wildman–Crippen MR) is 338 cm³/mol. The van der Waals surface area contributed by atoms with Crippen molar-refractivity contribution < 1.29 is 91.9 Å². The maximum Gasteiger partial charge on any atom is 0.306 e. The number of nitrogens with zero attached hydrogens (tertiary/aromatic N) is 2. The Labute approximate surface area is 530 Å². The van der Waals surface area contributed by atoms with Gasteiger partial charge in [0.2, 0.25) is 0 Å². The van der Waals surface area contributed by atoms with Crippen LogP contribution in [0.2, 0.25) is 0 Å². The number of likely N-dealkylation sites (N-methyl/N-ethyl adjacent to an activating group) is 2. The van der Waals surface area contributed by atoms with Gasteiger partial charge in [-0.1, -0.05) is 60.7 Å². The Balaban J connectivity index is 0.000000543. The fourth-order valence-electron chi connectivity index (χ4n) is 11.5. The SMILES string of the molecule is COc1ccc(C[C@@H]2c3cc(OC)c(OC)cc3CC[N@+]2(C)CCCOC(=O)CC/C=C/CCC(=O)OCCC[N@+]2(C)CCc3cc(OC)c(OC)cc3[C@@H]2Cc2ccc(OC)c(OC)c2)cc1OC.O=S(=O)([O-])c1ccccc1.O=S(=O)([O-])c1ccccc1. The van der Waals surface area contributed by atoms with Crippen LogP contribution in [0.5, 0.6) is 46.0 Å². The van der Waals surface area contributed by atoms with Crippen molar-refractivity contribution >= 4 is 32.2 Å². The molecule has 0 bridgehead atoms. The molecule has 0 N–H and O–H groups in total. The molecular weight excluding hydrogens is 1200 g/mol. The molecule has 0 unspecified atom stereocenters.